The molecule has 1 heterocycles. The SMILES string of the molecule is CC(=O)C(OCOCC[Si](C)(C)C)C(=O)c1ccncn1. The Bertz CT molecular complexity index is 474. The molecule has 0 amide bonds. The average molecular weight is 310 g/mol. The van der Waals surface area contributed by atoms with Crippen LogP contribution in [0.5, 0.6) is 0 Å². The van der Waals surface area contributed by atoms with Gasteiger partial charge in [0.25, 0.3) is 0 Å². The molecule has 0 N–H and O–H groups in total. The van der Waals surface area contributed by atoms with Gasteiger partial charge in [0.05, 0.1) is 0 Å². The molecular weight excluding hydrogens is 288 g/mol. The van der Waals surface area contributed by atoms with Crippen LogP contribution in [0.25, 0.3) is 0 Å². The van der Waals surface area contributed by atoms with Gasteiger partial charge in [-0.1, -0.05) is 19.6 Å². The molecule has 21 heavy (non-hydrogen) atoms. The molecule has 1 unspecified atom stereocenters. The van der Waals surface area contributed by atoms with E-state index >= 15 is 0 Å². The lowest BCUT2D eigenvalue weighted by atomic mass is 10.1. The Morgan fingerprint density at radius 3 is 2.57 bits per heavy atom. The zero-order valence-corrected chi connectivity index (χ0v) is 14.0. The highest BCUT2D eigenvalue weighted by atomic mass is 28.3. The summed E-state index contributed by atoms with van der Waals surface area (Å²) in [6, 6.07) is 2.45. The van der Waals surface area contributed by atoms with Gasteiger partial charge in [-0.2, -0.15) is 0 Å². The maximum Gasteiger partial charge on any atom is 0.217 e. The highest BCUT2D eigenvalue weighted by Crippen LogP contribution is 2.08. The summed E-state index contributed by atoms with van der Waals surface area (Å²) < 4.78 is 10.6. The normalized spacial score (nSPS) is 13.0. The zero-order valence-electron chi connectivity index (χ0n) is 13.0. The van der Waals surface area contributed by atoms with Crippen molar-refractivity contribution in [2.75, 3.05) is 13.4 Å². The first-order valence-electron chi connectivity index (χ1n) is 6.81. The van der Waals surface area contributed by atoms with E-state index in [4.69, 9.17) is 9.47 Å². The van der Waals surface area contributed by atoms with Crippen LogP contribution in [0, 0.1) is 0 Å². The molecule has 1 aromatic heterocycles. The Kier molecular flexibility index (Phi) is 6.80. The van der Waals surface area contributed by atoms with Crippen LogP contribution in [0.3, 0.4) is 0 Å². The number of hydrogen-bond acceptors (Lipinski definition) is 6. The molecule has 0 aliphatic heterocycles. The second-order valence-corrected chi connectivity index (χ2v) is 11.6. The average Bonchev–Trinajstić information content (AvgIpc) is 2.41. The van der Waals surface area contributed by atoms with Crippen LogP contribution in [-0.4, -0.2) is 49.1 Å². The maximum absolute atomic E-state index is 12.1. The summed E-state index contributed by atoms with van der Waals surface area (Å²) in [5.74, 6) is -0.842. The van der Waals surface area contributed by atoms with Gasteiger partial charge in [0.15, 0.2) is 11.9 Å². The Balaban J connectivity index is 2.48. The van der Waals surface area contributed by atoms with Crippen LogP contribution in [0.2, 0.25) is 25.7 Å². The smallest absolute Gasteiger partial charge is 0.217 e. The molecule has 6 nitrogen and oxygen atoms in total. The standard InChI is InChI=1S/C14H22N2O4Si/c1-11(17)14(13(18)12-5-6-15-9-16-12)20-10-19-7-8-21(2,3)4/h5-6,9,14H,7-8,10H2,1-4H3. The number of hydrogen-bond donors (Lipinski definition) is 0. The summed E-state index contributed by atoms with van der Waals surface area (Å²) in [5.41, 5.74) is 0.160. The number of rotatable bonds is 9. The van der Waals surface area contributed by atoms with Crippen molar-refractivity contribution < 1.29 is 19.1 Å². The lowest BCUT2D eigenvalue weighted by Crippen LogP contribution is -2.33. The van der Waals surface area contributed by atoms with Gasteiger partial charge in [0.1, 0.15) is 18.8 Å². The quantitative estimate of drug-likeness (QED) is 0.228. The highest BCUT2D eigenvalue weighted by molar-refractivity contribution is 6.76. The summed E-state index contributed by atoms with van der Waals surface area (Å²) >= 11 is 0. The first-order chi connectivity index (χ1) is 9.81. The second kappa shape index (κ2) is 8.11. The predicted molar refractivity (Wildman–Crippen MR) is 80.9 cm³/mol. The van der Waals surface area contributed by atoms with Crippen LogP contribution in [0.15, 0.2) is 18.6 Å². The monoisotopic (exact) mass is 310 g/mol. The molecule has 0 saturated heterocycles. The molecule has 0 aliphatic carbocycles. The third kappa shape index (κ3) is 6.70. The number of Topliss-reactive ketones (excluding diaryl/α,β-unsaturated/α-hetero) is 2. The zero-order chi connectivity index (χ0) is 15.9. The Hall–Kier alpha value is -1.44. The molecule has 0 aliphatic rings. The van der Waals surface area contributed by atoms with E-state index < -0.39 is 20.0 Å². The van der Waals surface area contributed by atoms with E-state index in [1.807, 2.05) is 0 Å². The molecule has 0 radical (unpaired) electrons. The molecule has 0 spiro atoms. The number of ketones is 2. The van der Waals surface area contributed by atoms with Crippen LogP contribution < -0.4 is 0 Å². The van der Waals surface area contributed by atoms with Crippen LogP contribution >= 0.6 is 0 Å². The van der Waals surface area contributed by atoms with E-state index in [2.05, 4.69) is 29.6 Å². The minimum Gasteiger partial charge on any atom is -0.356 e. The molecule has 1 aromatic rings. The predicted octanol–water partition coefficient (Wildman–Crippen LogP) is 1.95. The van der Waals surface area contributed by atoms with E-state index in [1.54, 1.807) is 0 Å². The van der Waals surface area contributed by atoms with Crippen molar-refractivity contribution in [1.29, 1.82) is 0 Å². The summed E-state index contributed by atoms with van der Waals surface area (Å²) in [4.78, 5) is 31.2. The highest BCUT2D eigenvalue weighted by Gasteiger charge is 2.26. The number of aromatic nitrogens is 2. The van der Waals surface area contributed by atoms with E-state index in [0.717, 1.165) is 6.04 Å². The molecule has 1 atom stereocenters. The van der Waals surface area contributed by atoms with E-state index in [1.165, 1.54) is 25.5 Å². The lowest BCUT2D eigenvalue weighted by molar-refractivity contribution is -0.134. The molecule has 7 heteroatoms. The molecule has 0 saturated carbocycles. The minimum absolute atomic E-state index is 0.0778. The van der Waals surface area contributed by atoms with Crippen molar-refractivity contribution in [3.63, 3.8) is 0 Å². The van der Waals surface area contributed by atoms with Gasteiger partial charge in [-0.15, -0.1) is 0 Å². The Morgan fingerprint density at radius 1 is 1.33 bits per heavy atom. The number of carbonyl (C=O) groups excluding carboxylic acids is 2. The number of carbonyl (C=O) groups is 2. The minimum atomic E-state index is -1.17. The van der Waals surface area contributed by atoms with Crippen molar-refractivity contribution in [2.24, 2.45) is 0 Å². The van der Waals surface area contributed by atoms with Crippen molar-refractivity contribution in [3.05, 3.63) is 24.3 Å². The first kappa shape index (κ1) is 17.6. The van der Waals surface area contributed by atoms with E-state index in [-0.39, 0.29) is 18.3 Å². The molecule has 0 fully saturated rings. The van der Waals surface area contributed by atoms with Crippen molar-refractivity contribution in [2.45, 2.75) is 38.7 Å². The molecule has 1 rings (SSSR count). The van der Waals surface area contributed by atoms with Crippen LogP contribution in [-0.2, 0) is 14.3 Å². The van der Waals surface area contributed by atoms with Gasteiger partial charge >= 0.3 is 0 Å². The molecule has 0 bridgehead atoms. The summed E-state index contributed by atoms with van der Waals surface area (Å²) in [6.45, 7) is 8.54. The summed E-state index contributed by atoms with van der Waals surface area (Å²) in [5, 5.41) is 0. The number of ether oxygens (including phenoxy) is 2. The van der Waals surface area contributed by atoms with E-state index in [0.29, 0.717) is 6.61 Å². The summed E-state index contributed by atoms with van der Waals surface area (Å²) in [7, 11) is -1.16. The van der Waals surface area contributed by atoms with Gasteiger partial charge in [-0.05, 0) is 19.0 Å². The van der Waals surface area contributed by atoms with Crippen LogP contribution in [0.4, 0.5) is 0 Å². The van der Waals surface area contributed by atoms with Crippen molar-refractivity contribution in [1.82, 2.24) is 9.97 Å². The number of nitrogens with zero attached hydrogens (tertiary/aromatic N) is 2. The second-order valence-electron chi connectivity index (χ2n) is 5.95. The third-order valence-corrected chi connectivity index (χ3v) is 4.46. The van der Waals surface area contributed by atoms with Gasteiger partial charge in [0.2, 0.25) is 5.78 Å². The molecule has 116 valence electrons. The fourth-order valence-electron chi connectivity index (χ4n) is 1.50. The maximum atomic E-state index is 12.1. The lowest BCUT2D eigenvalue weighted by Gasteiger charge is -2.17. The molecule has 0 aromatic carbocycles. The van der Waals surface area contributed by atoms with Gasteiger partial charge in [0, 0.05) is 20.9 Å². The van der Waals surface area contributed by atoms with E-state index in [9.17, 15) is 9.59 Å². The first-order valence-corrected chi connectivity index (χ1v) is 10.5. The third-order valence-electron chi connectivity index (χ3n) is 2.76. The Labute approximate surface area is 125 Å². The topological polar surface area (TPSA) is 78.4 Å². The Morgan fingerprint density at radius 2 is 2.05 bits per heavy atom. The van der Waals surface area contributed by atoms with Gasteiger partial charge in [-0.3, -0.25) is 9.59 Å². The largest absolute Gasteiger partial charge is 0.356 e. The fraction of sp³-hybridized carbons (Fsp3) is 0.571. The molecular formula is C14H22N2O4Si. The van der Waals surface area contributed by atoms with Crippen LogP contribution in [0.1, 0.15) is 17.4 Å². The fourth-order valence-corrected chi connectivity index (χ4v) is 2.26. The van der Waals surface area contributed by atoms with Gasteiger partial charge < -0.3 is 9.47 Å². The van der Waals surface area contributed by atoms with Gasteiger partial charge in [-0.25, -0.2) is 9.97 Å². The summed E-state index contributed by atoms with van der Waals surface area (Å²) in [6.07, 6.45) is 1.53. The van der Waals surface area contributed by atoms with Crippen molar-refractivity contribution in [3.8, 4) is 0 Å². The van der Waals surface area contributed by atoms with Crippen molar-refractivity contribution >= 4 is 19.6 Å².